The Morgan fingerprint density at radius 1 is 0.528 bits per heavy atom. The lowest BCUT2D eigenvalue weighted by molar-refractivity contribution is 0.669. The van der Waals surface area contributed by atoms with Crippen LogP contribution in [-0.4, -0.2) is 15.0 Å². The van der Waals surface area contributed by atoms with E-state index in [1.54, 1.807) is 0 Å². The molecule has 0 unspecified atom stereocenters. The van der Waals surface area contributed by atoms with E-state index >= 15 is 0 Å². The molecule has 0 saturated heterocycles. The number of hydrogen-bond acceptors (Lipinski definition) is 4. The van der Waals surface area contributed by atoms with Gasteiger partial charge >= 0.3 is 0 Å². The molecule has 4 nitrogen and oxygen atoms in total. The van der Waals surface area contributed by atoms with Gasteiger partial charge in [-0.15, -0.1) is 0 Å². The van der Waals surface area contributed by atoms with E-state index in [0.717, 1.165) is 53.9 Å². The average molecular weight is 528 g/mol. The second-order valence-corrected chi connectivity index (χ2v) is 9.48. The van der Waals surface area contributed by atoms with Crippen molar-refractivity contribution in [2.45, 2.75) is 0 Å². The van der Waals surface area contributed by atoms with Crippen LogP contribution in [0, 0.1) is 0 Å². The van der Waals surface area contributed by atoms with E-state index in [1.807, 2.05) is 72.8 Å². The first-order valence-electron chi connectivity index (χ1n) is 11.7. The van der Waals surface area contributed by atoms with Crippen molar-refractivity contribution in [1.82, 2.24) is 15.0 Å². The molecule has 0 aliphatic carbocycles. The zero-order chi connectivity index (χ0) is 24.1. The molecule has 5 heteroatoms. The number of aromatic nitrogens is 3. The summed E-state index contributed by atoms with van der Waals surface area (Å²) in [5.74, 6) is 1.86. The minimum atomic E-state index is 0.611. The largest absolute Gasteiger partial charge is 0.456 e. The molecule has 2 heterocycles. The molecule has 0 atom stereocenters. The number of nitrogens with zero attached hydrogens (tertiary/aromatic N) is 3. The van der Waals surface area contributed by atoms with Crippen LogP contribution >= 0.6 is 15.9 Å². The summed E-state index contributed by atoms with van der Waals surface area (Å²) in [4.78, 5) is 14.9. The van der Waals surface area contributed by atoms with Gasteiger partial charge in [-0.05, 0) is 35.0 Å². The first-order valence-corrected chi connectivity index (χ1v) is 12.4. The van der Waals surface area contributed by atoms with Crippen molar-refractivity contribution in [2.24, 2.45) is 0 Å². The maximum atomic E-state index is 6.13. The minimum Gasteiger partial charge on any atom is -0.456 e. The number of para-hydroxylation sites is 1. The lowest BCUT2D eigenvalue weighted by Gasteiger charge is -2.10. The Labute approximate surface area is 215 Å². The highest BCUT2D eigenvalue weighted by molar-refractivity contribution is 9.10. The van der Waals surface area contributed by atoms with Crippen molar-refractivity contribution < 1.29 is 4.42 Å². The third kappa shape index (κ3) is 3.48. The minimum absolute atomic E-state index is 0.611. The summed E-state index contributed by atoms with van der Waals surface area (Å²) >= 11 is 3.74. The van der Waals surface area contributed by atoms with Gasteiger partial charge < -0.3 is 4.42 Å². The maximum Gasteiger partial charge on any atom is 0.164 e. The molecule has 0 fully saturated rings. The molecular formula is C31H18BrN3O. The second-order valence-electron chi connectivity index (χ2n) is 8.63. The van der Waals surface area contributed by atoms with Crippen LogP contribution in [0.3, 0.4) is 0 Å². The Morgan fingerprint density at radius 3 is 2.06 bits per heavy atom. The van der Waals surface area contributed by atoms with Crippen LogP contribution in [0.4, 0.5) is 0 Å². The Kier molecular flexibility index (Phi) is 4.89. The molecule has 170 valence electrons. The van der Waals surface area contributed by atoms with Gasteiger partial charge in [0.2, 0.25) is 0 Å². The molecule has 0 radical (unpaired) electrons. The van der Waals surface area contributed by atoms with E-state index in [4.69, 9.17) is 19.4 Å². The molecule has 36 heavy (non-hydrogen) atoms. The molecule has 0 saturated carbocycles. The molecule has 0 aliphatic heterocycles. The molecule has 0 spiro atoms. The summed E-state index contributed by atoms with van der Waals surface area (Å²) in [7, 11) is 0. The number of fused-ring (bicyclic) bond motifs is 4. The molecule has 0 N–H and O–H groups in total. The van der Waals surface area contributed by atoms with Gasteiger partial charge in [0.05, 0.1) is 0 Å². The smallest absolute Gasteiger partial charge is 0.164 e. The Bertz CT molecular complexity index is 1910. The van der Waals surface area contributed by atoms with E-state index in [9.17, 15) is 0 Å². The van der Waals surface area contributed by atoms with Crippen LogP contribution in [0.2, 0.25) is 0 Å². The first kappa shape index (κ1) is 21.0. The van der Waals surface area contributed by atoms with Gasteiger partial charge in [0.1, 0.15) is 11.2 Å². The van der Waals surface area contributed by atoms with E-state index < -0.39 is 0 Å². The summed E-state index contributed by atoms with van der Waals surface area (Å²) < 4.78 is 7.13. The second kappa shape index (κ2) is 8.40. The molecule has 7 aromatic rings. The SMILES string of the molecule is Brc1cc(-c2nc(-c3ccccc3)nc(-c3cccc4oc5ccccc5c34)n2)cc2ccccc12. The standard InChI is InChI=1S/C31H18BrN3O/c32-25-18-21(17-20-11-4-5-12-22(20)25)30-33-29(19-9-2-1-3-10-19)34-31(35-30)24-14-8-16-27-28(24)23-13-6-7-15-26(23)36-27/h1-18H. The van der Waals surface area contributed by atoms with Crippen molar-refractivity contribution in [3.8, 4) is 34.2 Å². The fourth-order valence-electron chi connectivity index (χ4n) is 4.70. The van der Waals surface area contributed by atoms with Crippen LogP contribution in [0.5, 0.6) is 0 Å². The fourth-order valence-corrected chi connectivity index (χ4v) is 5.30. The van der Waals surface area contributed by atoms with Gasteiger partial charge in [0.25, 0.3) is 0 Å². The number of benzene rings is 5. The van der Waals surface area contributed by atoms with Crippen LogP contribution < -0.4 is 0 Å². The number of halogens is 1. The van der Waals surface area contributed by atoms with Crippen LogP contribution in [0.1, 0.15) is 0 Å². The van der Waals surface area contributed by atoms with Crippen molar-refractivity contribution in [2.75, 3.05) is 0 Å². The summed E-state index contributed by atoms with van der Waals surface area (Å²) in [6, 6.07) is 36.6. The monoisotopic (exact) mass is 527 g/mol. The quantitative estimate of drug-likeness (QED) is 0.230. The summed E-state index contributed by atoms with van der Waals surface area (Å²) in [5, 5.41) is 4.31. The molecule has 0 bridgehead atoms. The molecule has 0 amide bonds. The van der Waals surface area contributed by atoms with E-state index in [1.165, 1.54) is 0 Å². The van der Waals surface area contributed by atoms with Gasteiger partial charge in [-0.2, -0.15) is 0 Å². The molecule has 2 aromatic heterocycles. The fraction of sp³-hybridized carbons (Fsp3) is 0. The highest BCUT2D eigenvalue weighted by Crippen LogP contribution is 2.37. The van der Waals surface area contributed by atoms with Crippen molar-refractivity contribution in [3.05, 3.63) is 114 Å². The predicted molar refractivity (Wildman–Crippen MR) is 149 cm³/mol. The Morgan fingerprint density at radius 2 is 1.19 bits per heavy atom. The Balaban J connectivity index is 1.52. The zero-order valence-corrected chi connectivity index (χ0v) is 20.6. The van der Waals surface area contributed by atoms with E-state index in [0.29, 0.717) is 17.5 Å². The van der Waals surface area contributed by atoms with Gasteiger partial charge in [0.15, 0.2) is 17.5 Å². The highest BCUT2D eigenvalue weighted by atomic mass is 79.9. The molecule has 5 aromatic carbocycles. The van der Waals surface area contributed by atoms with Gasteiger partial charge in [0, 0.05) is 31.9 Å². The average Bonchev–Trinajstić information content (AvgIpc) is 3.32. The highest BCUT2D eigenvalue weighted by Gasteiger charge is 2.18. The molecular weight excluding hydrogens is 510 g/mol. The van der Waals surface area contributed by atoms with Gasteiger partial charge in [-0.25, -0.2) is 15.0 Å². The zero-order valence-electron chi connectivity index (χ0n) is 19.0. The summed E-state index contributed by atoms with van der Waals surface area (Å²) in [5.41, 5.74) is 4.43. The lowest BCUT2D eigenvalue weighted by atomic mass is 10.0. The van der Waals surface area contributed by atoms with Gasteiger partial charge in [-0.3, -0.25) is 0 Å². The number of furan rings is 1. The first-order chi connectivity index (χ1) is 17.7. The molecule has 0 aliphatic rings. The maximum absolute atomic E-state index is 6.13. The van der Waals surface area contributed by atoms with Crippen LogP contribution in [0.15, 0.2) is 118 Å². The van der Waals surface area contributed by atoms with Crippen molar-refractivity contribution in [3.63, 3.8) is 0 Å². The summed E-state index contributed by atoms with van der Waals surface area (Å²) in [6.07, 6.45) is 0. The topological polar surface area (TPSA) is 51.8 Å². The number of rotatable bonds is 3. The normalized spacial score (nSPS) is 11.5. The summed E-state index contributed by atoms with van der Waals surface area (Å²) in [6.45, 7) is 0. The lowest BCUT2D eigenvalue weighted by Crippen LogP contribution is -2.00. The van der Waals surface area contributed by atoms with Gasteiger partial charge in [-0.1, -0.05) is 101 Å². The van der Waals surface area contributed by atoms with Crippen LogP contribution in [-0.2, 0) is 0 Å². The van der Waals surface area contributed by atoms with E-state index in [2.05, 4.69) is 52.3 Å². The Hall–Kier alpha value is -4.35. The molecule has 7 rings (SSSR count). The third-order valence-electron chi connectivity index (χ3n) is 6.38. The van der Waals surface area contributed by atoms with Crippen LogP contribution in [0.25, 0.3) is 66.9 Å². The predicted octanol–water partition coefficient (Wildman–Crippen LogP) is 8.69. The van der Waals surface area contributed by atoms with Crippen molar-refractivity contribution in [1.29, 1.82) is 0 Å². The number of hydrogen-bond donors (Lipinski definition) is 0. The van der Waals surface area contributed by atoms with Crippen molar-refractivity contribution >= 4 is 48.6 Å². The third-order valence-corrected chi connectivity index (χ3v) is 7.04. The van der Waals surface area contributed by atoms with E-state index in [-0.39, 0.29) is 0 Å².